The van der Waals surface area contributed by atoms with Gasteiger partial charge in [0.2, 0.25) is 5.91 Å². The Bertz CT molecular complexity index is 399. The van der Waals surface area contributed by atoms with Crippen LogP contribution in [0.1, 0.15) is 44.1 Å². The van der Waals surface area contributed by atoms with Gasteiger partial charge in [0.1, 0.15) is 0 Å². The van der Waals surface area contributed by atoms with Gasteiger partial charge < -0.3 is 10.6 Å². The summed E-state index contributed by atoms with van der Waals surface area (Å²) in [6.45, 7) is 3.04. The Morgan fingerprint density at radius 2 is 2.05 bits per heavy atom. The second-order valence-corrected chi connectivity index (χ2v) is 6.04. The van der Waals surface area contributed by atoms with Crippen molar-refractivity contribution in [3.63, 3.8) is 0 Å². The van der Waals surface area contributed by atoms with E-state index in [0.717, 1.165) is 38.9 Å². The van der Waals surface area contributed by atoms with E-state index in [9.17, 15) is 4.79 Å². The number of nitrogens with one attached hydrogen (secondary N) is 2. The van der Waals surface area contributed by atoms with Gasteiger partial charge in [-0.15, -0.1) is 0 Å². The Kier molecular flexibility index (Phi) is 7.30. The van der Waals surface area contributed by atoms with E-state index in [1.54, 1.807) is 0 Å². The molecule has 2 rings (SSSR count). The minimum absolute atomic E-state index is 0.227. The molecule has 1 aliphatic rings. The molecule has 0 bridgehead atoms. The summed E-state index contributed by atoms with van der Waals surface area (Å²) in [5, 5.41) is 6.39. The number of benzene rings is 1. The first-order valence-electron chi connectivity index (χ1n) is 8.36. The number of aryl methyl sites for hydroxylation is 1. The van der Waals surface area contributed by atoms with E-state index in [1.807, 2.05) is 0 Å². The smallest absolute Gasteiger partial charge is 0.220 e. The third-order valence-electron chi connectivity index (χ3n) is 4.25. The number of rotatable bonds is 9. The number of unbranched alkanes of at least 4 members (excludes halogenated alkanes) is 2. The number of amides is 1. The van der Waals surface area contributed by atoms with E-state index in [0.29, 0.717) is 12.3 Å². The number of carbonyl (C=O) groups is 1. The zero-order valence-electron chi connectivity index (χ0n) is 12.9. The summed E-state index contributed by atoms with van der Waals surface area (Å²) >= 11 is 0. The summed E-state index contributed by atoms with van der Waals surface area (Å²) in [6, 6.07) is 10.6. The molecule has 1 saturated heterocycles. The SMILES string of the molecule is O=C(CCC1CCNC1)NCCCCCc1ccccc1. The van der Waals surface area contributed by atoms with Crippen molar-refractivity contribution in [2.75, 3.05) is 19.6 Å². The molecule has 3 heteroatoms. The Morgan fingerprint density at radius 3 is 2.81 bits per heavy atom. The number of carbonyl (C=O) groups excluding carboxylic acids is 1. The lowest BCUT2D eigenvalue weighted by Gasteiger charge is -2.08. The molecule has 2 N–H and O–H groups in total. The summed E-state index contributed by atoms with van der Waals surface area (Å²) in [5.74, 6) is 0.937. The van der Waals surface area contributed by atoms with E-state index in [1.165, 1.54) is 24.8 Å². The molecule has 1 aromatic carbocycles. The molecular formula is C18H28N2O. The topological polar surface area (TPSA) is 41.1 Å². The van der Waals surface area contributed by atoms with Crippen molar-refractivity contribution in [3.05, 3.63) is 35.9 Å². The second-order valence-electron chi connectivity index (χ2n) is 6.04. The largest absolute Gasteiger partial charge is 0.356 e. The first-order valence-corrected chi connectivity index (χ1v) is 8.36. The zero-order chi connectivity index (χ0) is 14.8. The first-order chi connectivity index (χ1) is 10.3. The van der Waals surface area contributed by atoms with Crippen molar-refractivity contribution in [3.8, 4) is 0 Å². The molecule has 1 unspecified atom stereocenters. The summed E-state index contributed by atoms with van der Waals surface area (Å²) in [7, 11) is 0. The van der Waals surface area contributed by atoms with Crippen molar-refractivity contribution >= 4 is 5.91 Å². The van der Waals surface area contributed by atoms with Gasteiger partial charge >= 0.3 is 0 Å². The molecule has 1 fully saturated rings. The molecule has 0 aromatic heterocycles. The highest BCUT2D eigenvalue weighted by molar-refractivity contribution is 5.75. The van der Waals surface area contributed by atoms with Crippen LogP contribution in [-0.2, 0) is 11.2 Å². The normalized spacial score (nSPS) is 17.8. The molecule has 1 amide bonds. The van der Waals surface area contributed by atoms with Crippen LogP contribution in [0.25, 0.3) is 0 Å². The summed E-state index contributed by atoms with van der Waals surface area (Å²) in [6.07, 6.45) is 7.57. The lowest BCUT2D eigenvalue weighted by Crippen LogP contribution is -2.25. The summed E-state index contributed by atoms with van der Waals surface area (Å²) in [5.41, 5.74) is 1.41. The Labute approximate surface area is 128 Å². The van der Waals surface area contributed by atoms with Gasteiger partial charge in [-0.25, -0.2) is 0 Å². The van der Waals surface area contributed by atoms with Crippen molar-refractivity contribution in [2.24, 2.45) is 5.92 Å². The van der Waals surface area contributed by atoms with Gasteiger partial charge in [0.25, 0.3) is 0 Å². The molecule has 116 valence electrons. The monoisotopic (exact) mass is 288 g/mol. The highest BCUT2D eigenvalue weighted by Gasteiger charge is 2.15. The van der Waals surface area contributed by atoms with Crippen molar-refractivity contribution in [1.29, 1.82) is 0 Å². The van der Waals surface area contributed by atoms with Crippen molar-refractivity contribution < 1.29 is 4.79 Å². The molecule has 1 heterocycles. The zero-order valence-corrected chi connectivity index (χ0v) is 12.9. The predicted octanol–water partition coefficient (Wildman–Crippen LogP) is 2.91. The minimum atomic E-state index is 0.227. The standard InChI is InChI=1S/C18H28N2O/c21-18(11-10-17-12-14-19-15-17)20-13-6-2-5-9-16-7-3-1-4-8-16/h1,3-4,7-8,17,19H,2,5-6,9-15H2,(H,20,21). The highest BCUT2D eigenvalue weighted by Crippen LogP contribution is 2.13. The molecule has 1 aromatic rings. The quantitative estimate of drug-likeness (QED) is 0.686. The van der Waals surface area contributed by atoms with E-state index in [4.69, 9.17) is 0 Å². The molecule has 21 heavy (non-hydrogen) atoms. The van der Waals surface area contributed by atoms with Gasteiger partial charge in [0.15, 0.2) is 0 Å². The predicted molar refractivity (Wildman–Crippen MR) is 87.2 cm³/mol. The first kappa shape index (κ1) is 16.0. The number of hydrogen-bond donors (Lipinski definition) is 2. The Morgan fingerprint density at radius 1 is 1.19 bits per heavy atom. The number of hydrogen-bond acceptors (Lipinski definition) is 2. The van der Waals surface area contributed by atoms with Crippen LogP contribution in [-0.4, -0.2) is 25.5 Å². The second kappa shape index (κ2) is 9.56. The van der Waals surface area contributed by atoms with Crippen LogP contribution in [0.2, 0.25) is 0 Å². The van der Waals surface area contributed by atoms with Crippen molar-refractivity contribution in [2.45, 2.75) is 44.9 Å². The minimum Gasteiger partial charge on any atom is -0.356 e. The molecule has 1 aliphatic heterocycles. The molecule has 0 saturated carbocycles. The molecule has 1 atom stereocenters. The van der Waals surface area contributed by atoms with Gasteiger partial charge in [-0.2, -0.15) is 0 Å². The summed E-state index contributed by atoms with van der Waals surface area (Å²) < 4.78 is 0. The average Bonchev–Trinajstić information content (AvgIpc) is 3.03. The van der Waals surface area contributed by atoms with E-state index in [-0.39, 0.29) is 5.91 Å². The summed E-state index contributed by atoms with van der Waals surface area (Å²) in [4.78, 5) is 11.7. The fraction of sp³-hybridized carbons (Fsp3) is 0.611. The molecule has 0 spiro atoms. The van der Waals surface area contributed by atoms with Crippen LogP contribution in [0.5, 0.6) is 0 Å². The van der Waals surface area contributed by atoms with E-state index >= 15 is 0 Å². The van der Waals surface area contributed by atoms with E-state index in [2.05, 4.69) is 41.0 Å². The lowest BCUT2D eigenvalue weighted by atomic mass is 10.0. The van der Waals surface area contributed by atoms with Crippen molar-refractivity contribution in [1.82, 2.24) is 10.6 Å². The van der Waals surface area contributed by atoms with Gasteiger partial charge in [0, 0.05) is 13.0 Å². The van der Waals surface area contributed by atoms with Crippen LogP contribution in [0.15, 0.2) is 30.3 Å². The maximum atomic E-state index is 11.7. The van der Waals surface area contributed by atoms with Gasteiger partial charge in [-0.1, -0.05) is 36.8 Å². The van der Waals surface area contributed by atoms with Gasteiger partial charge in [-0.05, 0) is 56.7 Å². The average molecular weight is 288 g/mol. The molecule has 0 aliphatic carbocycles. The fourth-order valence-corrected chi connectivity index (χ4v) is 2.89. The van der Waals surface area contributed by atoms with Crippen LogP contribution in [0.3, 0.4) is 0 Å². The molecular weight excluding hydrogens is 260 g/mol. The maximum absolute atomic E-state index is 11.7. The fourth-order valence-electron chi connectivity index (χ4n) is 2.89. The van der Waals surface area contributed by atoms with Crippen LogP contribution < -0.4 is 10.6 Å². The van der Waals surface area contributed by atoms with Gasteiger partial charge in [0.05, 0.1) is 0 Å². The lowest BCUT2D eigenvalue weighted by molar-refractivity contribution is -0.121. The molecule has 0 radical (unpaired) electrons. The van der Waals surface area contributed by atoms with Gasteiger partial charge in [-0.3, -0.25) is 4.79 Å². The van der Waals surface area contributed by atoms with E-state index < -0.39 is 0 Å². The third-order valence-corrected chi connectivity index (χ3v) is 4.25. The Balaban J connectivity index is 1.43. The Hall–Kier alpha value is -1.35. The van der Waals surface area contributed by atoms with Crippen LogP contribution >= 0.6 is 0 Å². The van der Waals surface area contributed by atoms with Crippen LogP contribution in [0, 0.1) is 5.92 Å². The van der Waals surface area contributed by atoms with Crippen LogP contribution in [0.4, 0.5) is 0 Å². The highest BCUT2D eigenvalue weighted by atomic mass is 16.1. The molecule has 3 nitrogen and oxygen atoms in total. The third kappa shape index (κ3) is 6.76. The maximum Gasteiger partial charge on any atom is 0.220 e.